The second-order valence-corrected chi connectivity index (χ2v) is 7.66. The normalized spacial score (nSPS) is 21.2. The van der Waals surface area contributed by atoms with Crippen LogP contribution in [0.3, 0.4) is 0 Å². The molecule has 150 valence electrons. The van der Waals surface area contributed by atoms with Crippen LogP contribution in [0.15, 0.2) is 42.6 Å². The Labute approximate surface area is 169 Å². The van der Waals surface area contributed by atoms with Crippen molar-refractivity contribution in [3.05, 3.63) is 59.4 Å². The SMILES string of the molecule is O=C(NCCn1nc([C@@H]2CCNC2)c2cccnc21)[C@H]1OCCc2ccccc21. The molecule has 3 aromatic rings. The average molecular weight is 391 g/mol. The molecular weight excluding hydrogens is 366 g/mol. The van der Waals surface area contributed by atoms with Gasteiger partial charge in [0, 0.05) is 30.6 Å². The quantitative estimate of drug-likeness (QED) is 0.695. The molecule has 1 fully saturated rings. The third-order valence-corrected chi connectivity index (χ3v) is 5.84. The Bertz CT molecular complexity index is 1020. The van der Waals surface area contributed by atoms with Gasteiger partial charge in [-0.15, -0.1) is 0 Å². The molecule has 5 rings (SSSR count). The minimum Gasteiger partial charge on any atom is -0.363 e. The Morgan fingerprint density at radius 1 is 1.28 bits per heavy atom. The van der Waals surface area contributed by atoms with Crippen LogP contribution in [0.1, 0.15) is 35.3 Å². The van der Waals surface area contributed by atoms with E-state index in [1.807, 2.05) is 28.9 Å². The molecule has 29 heavy (non-hydrogen) atoms. The summed E-state index contributed by atoms with van der Waals surface area (Å²) in [5, 5.41) is 12.4. The molecule has 2 N–H and O–H groups in total. The van der Waals surface area contributed by atoms with Crippen LogP contribution in [0.5, 0.6) is 0 Å². The number of aromatic nitrogens is 3. The van der Waals surface area contributed by atoms with Crippen LogP contribution in [0.25, 0.3) is 11.0 Å². The zero-order valence-electron chi connectivity index (χ0n) is 16.3. The maximum absolute atomic E-state index is 12.7. The summed E-state index contributed by atoms with van der Waals surface area (Å²) in [7, 11) is 0. The summed E-state index contributed by atoms with van der Waals surface area (Å²) in [6.45, 7) is 3.61. The molecule has 2 atom stereocenters. The predicted octanol–water partition coefficient (Wildman–Crippen LogP) is 1.94. The lowest BCUT2D eigenvalue weighted by Gasteiger charge is -2.25. The molecule has 0 radical (unpaired) electrons. The largest absolute Gasteiger partial charge is 0.363 e. The maximum atomic E-state index is 12.7. The Morgan fingerprint density at radius 2 is 2.21 bits per heavy atom. The number of ether oxygens (including phenoxy) is 1. The van der Waals surface area contributed by atoms with E-state index in [1.165, 1.54) is 5.56 Å². The summed E-state index contributed by atoms with van der Waals surface area (Å²) in [5.41, 5.74) is 4.14. The van der Waals surface area contributed by atoms with E-state index in [2.05, 4.69) is 27.8 Å². The molecule has 1 amide bonds. The van der Waals surface area contributed by atoms with Gasteiger partial charge < -0.3 is 15.4 Å². The van der Waals surface area contributed by atoms with Gasteiger partial charge in [0.1, 0.15) is 0 Å². The molecule has 0 unspecified atom stereocenters. The first-order valence-electron chi connectivity index (χ1n) is 10.3. The molecule has 7 heteroatoms. The molecule has 0 saturated carbocycles. The highest BCUT2D eigenvalue weighted by Gasteiger charge is 2.27. The highest BCUT2D eigenvalue weighted by Crippen LogP contribution is 2.28. The molecular formula is C22H25N5O2. The first-order valence-corrected chi connectivity index (χ1v) is 10.3. The fraction of sp³-hybridized carbons (Fsp3) is 0.409. The molecule has 4 heterocycles. The summed E-state index contributed by atoms with van der Waals surface area (Å²) in [6.07, 6.45) is 3.20. The van der Waals surface area contributed by atoms with Crippen LogP contribution in [-0.4, -0.2) is 46.9 Å². The summed E-state index contributed by atoms with van der Waals surface area (Å²) in [6, 6.07) is 12.1. The summed E-state index contributed by atoms with van der Waals surface area (Å²) in [5.74, 6) is 0.325. The number of hydrogen-bond donors (Lipinski definition) is 2. The fourth-order valence-electron chi connectivity index (χ4n) is 4.37. The first-order chi connectivity index (χ1) is 14.3. The fourth-order valence-corrected chi connectivity index (χ4v) is 4.37. The van der Waals surface area contributed by atoms with E-state index in [4.69, 9.17) is 9.84 Å². The minimum absolute atomic E-state index is 0.0956. The molecule has 2 aromatic heterocycles. The lowest BCUT2D eigenvalue weighted by Crippen LogP contribution is -2.35. The van der Waals surface area contributed by atoms with Gasteiger partial charge in [-0.3, -0.25) is 4.79 Å². The van der Waals surface area contributed by atoms with Crippen LogP contribution < -0.4 is 10.6 Å². The summed E-state index contributed by atoms with van der Waals surface area (Å²) >= 11 is 0. The van der Waals surface area contributed by atoms with Crippen molar-refractivity contribution in [2.45, 2.75) is 31.4 Å². The van der Waals surface area contributed by atoms with Crippen LogP contribution in [0, 0.1) is 0 Å². The van der Waals surface area contributed by atoms with Gasteiger partial charge in [-0.2, -0.15) is 5.10 Å². The zero-order valence-corrected chi connectivity index (χ0v) is 16.3. The van der Waals surface area contributed by atoms with Gasteiger partial charge in [0.2, 0.25) is 0 Å². The third kappa shape index (κ3) is 3.52. The smallest absolute Gasteiger partial charge is 0.253 e. The Balaban J connectivity index is 1.29. The van der Waals surface area contributed by atoms with Crippen molar-refractivity contribution in [3.63, 3.8) is 0 Å². The third-order valence-electron chi connectivity index (χ3n) is 5.84. The number of rotatable bonds is 5. The van der Waals surface area contributed by atoms with Gasteiger partial charge in [0.15, 0.2) is 11.8 Å². The van der Waals surface area contributed by atoms with E-state index in [-0.39, 0.29) is 5.91 Å². The van der Waals surface area contributed by atoms with Crippen molar-refractivity contribution < 1.29 is 9.53 Å². The predicted molar refractivity (Wildman–Crippen MR) is 110 cm³/mol. The second kappa shape index (κ2) is 7.93. The first kappa shape index (κ1) is 18.3. The summed E-state index contributed by atoms with van der Waals surface area (Å²) in [4.78, 5) is 17.3. The molecule has 7 nitrogen and oxygen atoms in total. The van der Waals surface area contributed by atoms with Crippen molar-refractivity contribution in [2.24, 2.45) is 0 Å². The van der Waals surface area contributed by atoms with Gasteiger partial charge in [-0.25, -0.2) is 9.67 Å². The number of carbonyl (C=O) groups is 1. The van der Waals surface area contributed by atoms with Crippen molar-refractivity contribution in [2.75, 3.05) is 26.2 Å². The molecule has 1 aromatic carbocycles. The van der Waals surface area contributed by atoms with Crippen molar-refractivity contribution >= 4 is 16.9 Å². The van der Waals surface area contributed by atoms with E-state index >= 15 is 0 Å². The number of pyridine rings is 1. The van der Waals surface area contributed by atoms with Crippen molar-refractivity contribution in [1.82, 2.24) is 25.4 Å². The summed E-state index contributed by atoms with van der Waals surface area (Å²) < 4.78 is 7.67. The van der Waals surface area contributed by atoms with Gasteiger partial charge >= 0.3 is 0 Å². The van der Waals surface area contributed by atoms with E-state index in [0.717, 1.165) is 48.2 Å². The highest BCUT2D eigenvalue weighted by atomic mass is 16.5. The Kier molecular flexibility index (Phi) is 4.99. The standard InChI is InChI=1S/C22H25N5O2/c28-22(20-17-5-2-1-4-15(17)8-13-29-20)25-11-12-27-21-18(6-3-9-24-21)19(26-27)16-7-10-23-14-16/h1-6,9,16,20,23H,7-8,10-14H2,(H,25,28)/t16-,20+/m1/s1. The van der Waals surface area contributed by atoms with Gasteiger partial charge in [-0.05, 0) is 42.6 Å². The molecule has 0 spiro atoms. The van der Waals surface area contributed by atoms with E-state index in [0.29, 0.717) is 25.6 Å². The lowest BCUT2D eigenvalue weighted by atomic mass is 9.97. The van der Waals surface area contributed by atoms with Crippen LogP contribution in [0.4, 0.5) is 0 Å². The number of benzene rings is 1. The average Bonchev–Trinajstić information content (AvgIpc) is 3.41. The zero-order chi connectivity index (χ0) is 19.6. The minimum atomic E-state index is -0.535. The number of hydrogen-bond acceptors (Lipinski definition) is 5. The van der Waals surface area contributed by atoms with Crippen LogP contribution in [-0.2, 0) is 22.5 Å². The van der Waals surface area contributed by atoms with Crippen LogP contribution >= 0.6 is 0 Å². The molecule has 0 aliphatic carbocycles. The van der Waals surface area contributed by atoms with Gasteiger partial charge in [0.05, 0.1) is 18.8 Å². The molecule has 1 saturated heterocycles. The van der Waals surface area contributed by atoms with Crippen molar-refractivity contribution in [1.29, 1.82) is 0 Å². The lowest BCUT2D eigenvalue weighted by molar-refractivity contribution is -0.134. The second-order valence-electron chi connectivity index (χ2n) is 7.66. The van der Waals surface area contributed by atoms with Crippen LogP contribution in [0.2, 0.25) is 0 Å². The van der Waals surface area contributed by atoms with E-state index in [9.17, 15) is 4.79 Å². The monoisotopic (exact) mass is 391 g/mol. The molecule has 0 bridgehead atoms. The van der Waals surface area contributed by atoms with Gasteiger partial charge in [-0.1, -0.05) is 24.3 Å². The van der Waals surface area contributed by atoms with E-state index < -0.39 is 6.10 Å². The molecule has 2 aliphatic heterocycles. The Morgan fingerprint density at radius 3 is 3.10 bits per heavy atom. The maximum Gasteiger partial charge on any atom is 0.253 e. The molecule has 2 aliphatic rings. The van der Waals surface area contributed by atoms with Crippen molar-refractivity contribution in [3.8, 4) is 0 Å². The van der Waals surface area contributed by atoms with E-state index in [1.54, 1.807) is 6.20 Å². The Hall–Kier alpha value is -2.77. The number of fused-ring (bicyclic) bond motifs is 2. The number of amides is 1. The van der Waals surface area contributed by atoms with Gasteiger partial charge in [0.25, 0.3) is 5.91 Å². The highest BCUT2D eigenvalue weighted by molar-refractivity contribution is 5.83. The number of nitrogens with zero attached hydrogens (tertiary/aromatic N) is 3. The number of nitrogens with one attached hydrogen (secondary N) is 2. The number of carbonyl (C=O) groups excluding carboxylic acids is 1. The topological polar surface area (TPSA) is 81.1 Å².